The van der Waals surface area contributed by atoms with Crippen LogP contribution in [0.2, 0.25) is 0 Å². The van der Waals surface area contributed by atoms with Crippen LogP contribution in [-0.2, 0) is 23.8 Å². The van der Waals surface area contributed by atoms with E-state index in [-0.39, 0.29) is 29.5 Å². The summed E-state index contributed by atoms with van der Waals surface area (Å²) in [7, 11) is 0. The summed E-state index contributed by atoms with van der Waals surface area (Å²) in [5, 5.41) is 0.530. The summed E-state index contributed by atoms with van der Waals surface area (Å²) in [6.45, 7) is 7.42. The number of carbonyl (C=O) groups is 2. The van der Waals surface area contributed by atoms with Crippen molar-refractivity contribution in [3.8, 4) is 0 Å². The molecule has 0 amide bonds. The highest BCUT2D eigenvalue weighted by atomic mass is 32.1. The minimum absolute atomic E-state index is 0.0279. The number of rotatable bonds is 6. The Bertz CT molecular complexity index is 907. The van der Waals surface area contributed by atoms with E-state index in [9.17, 15) is 9.59 Å². The summed E-state index contributed by atoms with van der Waals surface area (Å²) in [6, 6.07) is 0. The summed E-state index contributed by atoms with van der Waals surface area (Å²) in [5.41, 5.74) is 0.324. The highest BCUT2D eigenvalue weighted by Gasteiger charge is 2.68. The summed E-state index contributed by atoms with van der Waals surface area (Å²) in [5.74, 6) is 1.89. The zero-order chi connectivity index (χ0) is 24.8. The highest BCUT2D eigenvalue weighted by molar-refractivity contribution is 7.80. The minimum atomic E-state index is -0.913. The minimum Gasteiger partial charge on any atom is -0.472 e. The van der Waals surface area contributed by atoms with Crippen LogP contribution in [0, 0.1) is 28.6 Å². The second-order valence-electron chi connectivity index (χ2n) is 12.1. The van der Waals surface area contributed by atoms with Crippen molar-refractivity contribution in [2.75, 3.05) is 13.2 Å². The molecule has 5 rings (SSSR count). The maximum atomic E-state index is 14.0. The third kappa shape index (κ3) is 4.16. The smallest absolute Gasteiger partial charge is 0.202 e. The molecule has 0 spiro atoms. The lowest BCUT2D eigenvalue weighted by Crippen LogP contribution is -2.60. The number of Topliss-reactive ketones (excluding diaryl/α,β-unsaturated/α-hetero) is 1. The molecule has 0 N–H and O–H groups in total. The third-order valence-corrected chi connectivity index (χ3v) is 11.0. The molecule has 0 aromatic carbocycles. The summed E-state index contributed by atoms with van der Waals surface area (Å²) in [4.78, 5) is 26.2. The van der Waals surface area contributed by atoms with E-state index in [0.29, 0.717) is 54.5 Å². The van der Waals surface area contributed by atoms with Crippen LogP contribution in [0.5, 0.6) is 0 Å². The van der Waals surface area contributed by atoms with Crippen LogP contribution in [0.15, 0.2) is 11.6 Å². The maximum absolute atomic E-state index is 14.0. The van der Waals surface area contributed by atoms with E-state index < -0.39 is 5.60 Å². The van der Waals surface area contributed by atoms with Gasteiger partial charge in [-0.15, -0.1) is 0 Å². The number of carbonyl (C=O) groups excluding carboxylic acids is 2. The highest BCUT2D eigenvalue weighted by Crippen LogP contribution is 2.68. The fourth-order valence-electron chi connectivity index (χ4n) is 8.63. The van der Waals surface area contributed by atoms with Gasteiger partial charge in [0, 0.05) is 24.9 Å². The summed E-state index contributed by atoms with van der Waals surface area (Å²) >= 11 is 5.58. The molecule has 6 heteroatoms. The topological polar surface area (TPSA) is 61.8 Å². The molecule has 5 aliphatic rings. The van der Waals surface area contributed by atoms with Gasteiger partial charge in [-0.1, -0.05) is 26.3 Å². The molecule has 5 nitrogen and oxygen atoms in total. The van der Waals surface area contributed by atoms with Crippen molar-refractivity contribution in [2.24, 2.45) is 28.6 Å². The molecule has 0 radical (unpaired) electrons. The molecule has 4 aliphatic carbocycles. The SMILES string of the molecule is CCC(=S)O[C@]1(C(=O)COC2CCCCO2)CC[C@H]2[C@@H]3CCC4=CC(=O)CC[C@]4(C)[C@H]3CC[C@@]21C. The van der Waals surface area contributed by atoms with Crippen LogP contribution in [0.25, 0.3) is 0 Å². The standard InChI is InChI=1S/C29H42O5S/c1-4-26(35)34-29(24(31)18-33-25-7-5-6-16-32-25)15-12-23-21-9-8-19-17-20(30)10-13-27(19,2)22(21)11-14-28(23,29)3/h17,21-23,25H,4-16,18H2,1-3H3/t21-,22+,23+,25?,27+,28+,29+/m1/s1. The van der Waals surface area contributed by atoms with E-state index in [4.69, 9.17) is 26.4 Å². The number of fused-ring (bicyclic) bond motifs is 5. The quantitative estimate of drug-likeness (QED) is 0.408. The fraction of sp³-hybridized carbons (Fsp3) is 0.828. The number of ketones is 2. The van der Waals surface area contributed by atoms with Crippen LogP contribution in [0.1, 0.15) is 97.8 Å². The average molecular weight is 503 g/mol. The Morgan fingerprint density at radius 3 is 2.63 bits per heavy atom. The maximum Gasteiger partial charge on any atom is 0.202 e. The van der Waals surface area contributed by atoms with Gasteiger partial charge in [-0.05, 0) is 106 Å². The van der Waals surface area contributed by atoms with Gasteiger partial charge >= 0.3 is 0 Å². The molecular formula is C29H42O5S. The third-order valence-electron chi connectivity index (χ3n) is 10.6. The first-order valence-electron chi connectivity index (χ1n) is 14.0. The van der Waals surface area contributed by atoms with Crippen molar-refractivity contribution in [3.05, 3.63) is 11.6 Å². The molecule has 1 heterocycles. The van der Waals surface area contributed by atoms with Gasteiger partial charge in [-0.2, -0.15) is 0 Å². The normalized spacial score (nSPS) is 42.9. The van der Waals surface area contributed by atoms with Crippen molar-refractivity contribution < 1.29 is 23.8 Å². The summed E-state index contributed by atoms with van der Waals surface area (Å²) in [6.07, 6.45) is 12.7. The van der Waals surface area contributed by atoms with Crippen molar-refractivity contribution in [1.29, 1.82) is 0 Å². The van der Waals surface area contributed by atoms with E-state index in [1.807, 2.05) is 13.0 Å². The van der Waals surface area contributed by atoms with Crippen molar-refractivity contribution in [1.82, 2.24) is 0 Å². The van der Waals surface area contributed by atoms with E-state index in [1.165, 1.54) is 5.57 Å². The molecule has 194 valence electrons. The van der Waals surface area contributed by atoms with Crippen LogP contribution in [0.4, 0.5) is 0 Å². The molecule has 7 atom stereocenters. The molecule has 3 saturated carbocycles. The molecule has 0 bridgehead atoms. The van der Waals surface area contributed by atoms with Gasteiger partial charge in [-0.3, -0.25) is 9.59 Å². The lowest BCUT2D eigenvalue weighted by molar-refractivity contribution is -0.186. The monoisotopic (exact) mass is 502 g/mol. The average Bonchev–Trinajstić information content (AvgIpc) is 3.16. The van der Waals surface area contributed by atoms with E-state index in [2.05, 4.69) is 13.8 Å². The Kier molecular flexibility index (Phi) is 7.04. The zero-order valence-electron chi connectivity index (χ0n) is 21.7. The molecule has 4 fully saturated rings. The van der Waals surface area contributed by atoms with Gasteiger partial charge in [-0.25, -0.2) is 0 Å². The van der Waals surface area contributed by atoms with Gasteiger partial charge < -0.3 is 14.2 Å². The first kappa shape index (κ1) is 25.5. The lowest BCUT2D eigenvalue weighted by Gasteiger charge is -2.59. The zero-order valence-corrected chi connectivity index (χ0v) is 22.6. The second kappa shape index (κ2) is 9.64. The number of thiocarbonyl (C=S) groups is 1. The van der Waals surface area contributed by atoms with Crippen LogP contribution >= 0.6 is 12.2 Å². The first-order valence-corrected chi connectivity index (χ1v) is 14.4. The molecule has 0 aromatic rings. The Morgan fingerprint density at radius 1 is 1.09 bits per heavy atom. The van der Waals surface area contributed by atoms with E-state index in [1.54, 1.807) is 0 Å². The van der Waals surface area contributed by atoms with Gasteiger partial charge in [0.1, 0.15) is 6.61 Å². The molecule has 1 saturated heterocycles. The molecule has 35 heavy (non-hydrogen) atoms. The molecule has 1 aliphatic heterocycles. The van der Waals surface area contributed by atoms with Gasteiger partial charge in [0.25, 0.3) is 0 Å². The Balaban J connectivity index is 1.41. The van der Waals surface area contributed by atoms with Crippen molar-refractivity contribution in [2.45, 2.75) is 110 Å². The van der Waals surface area contributed by atoms with Gasteiger partial charge in [0.2, 0.25) is 5.78 Å². The van der Waals surface area contributed by atoms with E-state index in [0.717, 1.165) is 57.8 Å². The predicted molar refractivity (Wildman–Crippen MR) is 138 cm³/mol. The lowest BCUT2D eigenvalue weighted by atomic mass is 9.46. The Morgan fingerprint density at radius 2 is 1.89 bits per heavy atom. The van der Waals surface area contributed by atoms with E-state index >= 15 is 0 Å². The number of hydrogen-bond donors (Lipinski definition) is 0. The number of allylic oxidation sites excluding steroid dienone is 1. The largest absolute Gasteiger partial charge is 0.472 e. The number of hydrogen-bond acceptors (Lipinski definition) is 6. The summed E-state index contributed by atoms with van der Waals surface area (Å²) < 4.78 is 18.3. The fourth-order valence-corrected chi connectivity index (χ4v) is 8.78. The van der Waals surface area contributed by atoms with Crippen LogP contribution < -0.4 is 0 Å². The number of ether oxygens (including phenoxy) is 3. The first-order chi connectivity index (χ1) is 16.7. The van der Waals surface area contributed by atoms with Crippen LogP contribution in [-0.4, -0.2) is 41.7 Å². The Hall–Kier alpha value is -1.11. The predicted octanol–water partition coefficient (Wildman–Crippen LogP) is 6.12. The van der Waals surface area contributed by atoms with Gasteiger partial charge in [0.05, 0.1) is 0 Å². The molecule has 0 aromatic heterocycles. The van der Waals surface area contributed by atoms with Gasteiger partial charge in [0.15, 0.2) is 22.7 Å². The molecular weight excluding hydrogens is 460 g/mol. The Labute approximate surface area is 215 Å². The van der Waals surface area contributed by atoms with Crippen LogP contribution in [0.3, 0.4) is 0 Å². The molecule has 1 unspecified atom stereocenters. The second-order valence-corrected chi connectivity index (χ2v) is 12.6. The van der Waals surface area contributed by atoms with Crippen molar-refractivity contribution >= 4 is 28.8 Å². The van der Waals surface area contributed by atoms with Crippen molar-refractivity contribution in [3.63, 3.8) is 0 Å².